The van der Waals surface area contributed by atoms with E-state index in [-0.39, 0.29) is 22.3 Å². The Morgan fingerprint density at radius 1 is 0.800 bits per heavy atom. The number of hydrogen-bond acceptors (Lipinski definition) is 15. The first-order valence-electron chi connectivity index (χ1n) is 13.4. The van der Waals surface area contributed by atoms with E-state index in [4.69, 9.17) is 37.6 Å². The number of esters is 5. The summed E-state index contributed by atoms with van der Waals surface area (Å²) < 4.78 is 43.3. The van der Waals surface area contributed by atoms with Crippen molar-refractivity contribution in [1.82, 2.24) is 0 Å². The molecule has 0 aliphatic carbocycles. The Bertz CT molecular complexity index is 1660. The van der Waals surface area contributed by atoms with Crippen LogP contribution in [0.4, 0.5) is 0 Å². The highest BCUT2D eigenvalue weighted by Crippen LogP contribution is 2.36. The zero-order chi connectivity index (χ0) is 32.8. The molecule has 0 unspecified atom stereocenters. The van der Waals surface area contributed by atoms with E-state index in [1.807, 2.05) is 0 Å². The van der Waals surface area contributed by atoms with Crippen molar-refractivity contribution < 1.29 is 66.7 Å². The maximum absolute atomic E-state index is 12.7. The molecule has 1 N–H and O–H groups in total. The van der Waals surface area contributed by atoms with E-state index in [1.54, 1.807) is 18.2 Å². The van der Waals surface area contributed by atoms with Crippen molar-refractivity contribution in [2.45, 2.75) is 58.4 Å². The average Bonchev–Trinajstić information content (AvgIpc) is 2.96. The molecule has 2 aromatic carbocycles. The molecule has 1 saturated heterocycles. The Kier molecular flexibility index (Phi) is 10.0. The van der Waals surface area contributed by atoms with Crippen LogP contribution < -0.4 is 15.1 Å². The Labute approximate surface area is 254 Å². The zero-order valence-corrected chi connectivity index (χ0v) is 24.4. The SMILES string of the molecule is CC(=O)OC[C@H]1O[C@@H](Oc2ccc3c(O)c(OC(=O)c4ccccc4)c(=O)oc3c2)[C@H](OC(C)=O)[C@@H](OC(C)=O)[C@@H]1OC(C)=O. The Morgan fingerprint density at radius 3 is 2.04 bits per heavy atom. The fourth-order valence-corrected chi connectivity index (χ4v) is 4.45. The van der Waals surface area contributed by atoms with Gasteiger partial charge in [0.25, 0.3) is 5.75 Å². The predicted molar refractivity (Wildman–Crippen MR) is 148 cm³/mol. The lowest BCUT2D eigenvalue weighted by Gasteiger charge is -2.43. The molecule has 3 aromatic rings. The minimum Gasteiger partial charge on any atom is -0.504 e. The van der Waals surface area contributed by atoms with Gasteiger partial charge in [-0.25, -0.2) is 9.59 Å². The standard InChI is InChI=1S/C30H28O15/c1-14(31)38-13-22-24(39-15(2)32)26(40-16(3)33)27(41-17(4)34)30(44-22)42-19-10-11-20-21(12-19)43-29(37)25(23(20)35)45-28(36)18-8-6-5-7-9-18/h5-12,22,24,26-27,30,35H,13H2,1-4H3/t22-,24-,26+,27-,30-/m1/s1. The number of carbonyl (C=O) groups excluding carboxylic acids is 5. The first-order valence-corrected chi connectivity index (χ1v) is 13.4. The van der Waals surface area contributed by atoms with Crippen molar-refractivity contribution in [2.75, 3.05) is 6.61 Å². The van der Waals surface area contributed by atoms with Crippen LogP contribution in [0.2, 0.25) is 0 Å². The minimum atomic E-state index is -1.56. The molecule has 0 spiro atoms. The molecule has 4 rings (SSSR count). The molecule has 1 aliphatic heterocycles. The molecule has 45 heavy (non-hydrogen) atoms. The summed E-state index contributed by atoms with van der Waals surface area (Å²) in [5.74, 6) is -5.51. The third kappa shape index (κ3) is 7.94. The van der Waals surface area contributed by atoms with E-state index in [9.17, 15) is 33.9 Å². The van der Waals surface area contributed by atoms with E-state index in [0.29, 0.717) is 0 Å². The van der Waals surface area contributed by atoms with Gasteiger partial charge in [-0.05, 0) is 24.3 Å². The highest BCUT2D eigenvalue weighted by Gasteiger charge is 2.53. The number of hydrogen-bond donors (Lipinski definition) is 1. The number of benzene rings is 2. The quantitative estimate of drug-likeness (QED) is 0.205. The zero-order valence-electron chi connectivity index (χ0n) is 24.4. The summed E-state index contributed by atoms with van der Waals surface area (Å²) in [5.41, 5.74) is -1.24. The van der Waals surface area contributed by atoms with E-state index in [2.05, 4.69) is 0 Å². The largest absolute Gasteiger partial charge is 0.504 e. The third-order valence-electron chi connectivity index (χ3n) is 6.22. The van der Waals surface area contributed by atoms with E-state index < -0.39 is 84.3 Å². The van der Waals surface area contributed by atoms with Crippen LogP contribution >= 0.6 is 0 Å². The van der Waals surface area contributed by atoms with Crippen molar-refractivity contribution in [1.29, 1.82) is 0 Å². The van der Waals surface area contributed by atoms with Gasteiger partial charge in [0.05, 0.1) is 10.9 Å². The molecule has 5 atom stereocenters. The lowest BCUT2D eigenvalue weighted by atomic mass is 9.98. The maximum atomic E-state index is 12.7. The maximum Gasteiger partial charge on any atom is 0.383 e. The fraction of sp³-hybridized carbons (Fsp3) is 0.333. The summed E-state index contributed by atoms with van der Waals surface area (Å²) in [6, 6.07) is 11.6. The summed E-state index contributed by atoms with van der Waals surface area (Å²) in [4.78, 5) is 72.7. The summed E-state index contributed by atoms with van der Waals surface area (Å²) in [7, 11) is 0. The third-order valence-corrected chi connectivity index (χ3v) is 6.22. The van der Waals surface area contributed by atoms with E-state index >= 15 is 0 Å². The van der Waals surface area contributed by atoms with Gasteiger partial charge in [-0.15, -0.1) is 0 Å². The number of rotatable bonds is 9. The van der Waals surface area contributed by atoms with Gasteiger partial charge >= 0.3 is 35.5 Å². The summed E-state index contributed by atoms with van der Waals surface area (Å²) in [6.07, 6.45) is -7.20. The first-order chi connectivity index (χ1) is 21.3. The van der Waals surface area contributed by atoms with E-state index in [1.165, 1.54) is 30.3 Å². The van der Waals surface area contributed by atoms with Crippen molar-refractivity contribution in [3.05, 3.63) is 64.5 Å². The Hall–Kier alpha value is -5.44. The Balaban J connectivity index is 1.68. The lowest BCUT2D eigenvalue weighted by Crippen LogP contribution is -2.63. The molecule has 15 heteroatoms. The smallest absolute Gasteiger partial charge is 0.383 e. The molecule has 1 aromatic heterocycles. The summed E-state index contributed by atoms with van der Waals surface area (Å²) in [6.45, 7) is 3.90. The van der Waals surface area contributed by atoms with Gasteiger partial charge in [0, 0.05) is 33.8 Å². The van der Waals surface area contributed by atoms with Gasteiger partial charge in [-0.2, -0.15) is 0 Å². The highest BCUT2D eigenvalue weighted by molar-refractivity contribution is 5.93. The van der Waals surface area contributed by atoms with Crippen LogP contribution in [0, 0.1) is 0 Å². The molecule has 238 valence electrons. The average molecular weight is 629 g/mol. The van der Waals surface area contributed by atoms with Crippen LogP contribution in [0.3, 0.4) is 0 Å². The van der Waals surface area contributed by atoms with Gasteiger partial charge in [-0.1, -0.05) is 18.2 Å². The monoisotopic (exact) mass is 628 g/mol. The molecule has 1 fully saturated rings. The molecule has 0 amide bonds. The van der Waals surface area contributed by atoms with Crippen molar-refractivity contribution in [3.63, 3.8) is 0 Å². The van der Waals surface area contributed by atoms with Gasteiger partial charge in [-0.3, -0.25) is 19.2 Å². The van der Waals surface area contributed by atoms with Crippen LogP contribution in [-0.2, 0) is 42.9 Å². The van der Waals surface area contributed by atoms with Crippen LogP contribution in [-0.4, -0.2) is 72.3 Å². The molecule has 2 heterocycles. The number of carbonyl (C=O) groups is 5. The van der Waals surface area contributed by atoms with Crippen LogP contribution in [0.15, 0.2) is 57.7 Å². The van der Waals surface area contributed by atoms with E-state index in [0.717, 1.165) is 27.7 Å². The van der Waals surface area contributed by atoms with Crippen molar-refractivity contribution >= 4 is 40.8 Å². The number of fused-ring (bicyclic) bond motifs is 1. The second kappa shape index (κ2) is 13.9. The predicted octanol–water partition coefficient (Wildman–Crippen LogP) is 2.18. The van der Waals surface area contributed by atoms with Crippen LogP contribution in [0.25, 0.3) is 11.0 Å². The van der Waals surface area contributed by atoms with Crippen molar-refractivity contribution in [3.8, 4) is 17.2 Å². The fourth-order valence-electron chi connectivity index (χ4n) is 4.45. The molecule has 0 bridgehead atoms. The number of aromatic hydroxyl groups is 1. The normalized spacial score (nSPS) is 20.8. The Morgan fingerprint density at radius 2 is 1.42 bits per heavy atom. The van der Waals surface area contributed by atoms with Gasteiger partial charge in [0.2, 0.25) is 12.4 Å². The molecular weight excluding hydrogens is 600 g/mol. The second-order valence-electron chi connectivity index (χ2n) is 9.67. The van der Waals surface area contributed by atoms with Crippen LogP contribution in [0.1, 0.15) is 38.1 Å². The molecule has 0 radical (unpaired) electrons. The number of ether oxygens (including phenoxy) is 7. The second-order valence-corrected chi connectivity index (χ2v) is 9.67. The topological polar surface area (TPSA) is 200 Å². The van der Waals surface area contributed by atoms with Crippen molar-refractivity contribution in [2.24, 2.45) is 0 Å². The lowest BCUT2D eigenvalue weighted by molar-refractivity contribution is -0.288. The van der Waals surface area contributed by atoms with Gasteiger partial charge in [0.1, 0.15) is 24.0 Å². The van der Waals surface area contributed by atoms with Gasteiger partial charge < -0.3 is 42.7 Å². The molecule has 1 aliphatic rings. The summed E-state index contributed by atoms with van der Waals surface area (Å²) in [5, 5.41) is 10.7. The molecule has 15 nitrogen and oxygen atoms in total. The first kappa shape index (κ1) is 32.5. The minimum absolute atomic E-state index is 0.0284. The summed E-state index contributed by atoms with van der Waals surface area (Å²) >= 11 is 0. The highest BCUT2D eigenvalue weighted by atomic mass is 16.7. The molecular formula is C30H28O15. The molecule has 0 saturated carbocycles. The van der Waals surface area contributed by atoms with Gasteiger partial charge in [0.15, 0.2) is 18.0 Å². The van der Waals surface area contributed by atoms with Crippen LogP contribution in [0.5, 0.6) is 17.2 Å².